The number of nitrogens with zero attached hydrogens (tertiary/aromatic N) is 2. The summed E-state index contributed by atoms with van der Waals surface area (Å²) in [6.07, 6.45) is -4.09. The monoisotopic (exact) mass is 440 g/mol. The predicted molar refractivity (Wildman–Crippen MR) is 102 cm³/mol. The number of imide groups is 1. The molecule has 3 amide bonds. The highest BCUT2D eigenvalue weighted by Gasteiger charge is 2.40. The molecule has 0 aromatic heterocycles. The van der Waals surface area contributed by atoms with Crippen molar-refractivity contribution < 1.29 is 32.3 Å². The Bertz CT molecular complexity index is 907. The lowest BCUT2D eigenvalue weighted by Crippen LogP contribution is -2.54. The highest BCUT2D eigenvalue weighted by atomic mass is 19.4. The molecule has 2 fully saturated rings. The van der Waals surface area contributed by atoms with Crippen molar-refractivity contribution in [3.05, 3.63) is 29.3 Å². The molecule has 0 aliphatic carbocycles. The standard InChI is InChI=1S/C20H23F3N4O4/c21-20(22,23)10-26-6-5-14(24)16(9-26)31-12-1-2-13-11(7-12)8-27(19(13)30)15-3-4-17(28)25-18(15)29/h1-2,7,14-16H,3-6,8-10,24H2,(H,25,28,29). The molecule has 4 rings (SSSR count). The van der Waals surface area contributed by atoms with E-state index in [-0.39, 0.29) is 44.3 Å². The molecule has 0 saturated carbocycles. The second-order valence-electron chi connectivity index (χ2n) is 8.18. The van der Waals surface area contributed by atoms with Gasteiger partial charge in [0.1, 0.15) is 17.9 Å². The van der Waals surface area contributed by atoms with E-state index in [9.17, 15) is 27.6 Å². The van der Waals surface area contributed by atoms with E-state index >= 15 is 0 Å². The van der Waals surface area contributed by atoms with Gasteiger partial charge >= 0.3 is 6.18 Å². The molecule has 11 heteroatoms. The fourth-order valence-electron chi connectivity index (χ4n) is 4.32. The normalized spacial score (nSPS) is 27.3. The molecule has 3 unspecified atom stereocenters. The molecular weight excluding hydrogens is 417 g/mol. The number of likely N-dealkylation sites (tertiary alicyclic amines) is 1. The van der Waals surface area contributed by atoms with Crippen LogP contribution in [0.2, 0.25) is 0 Å². The summed E-state index contributed by atoms with van der Waals surface area (Å²) in [5.74, 6) is -0.746. The number of benzene rings is 1. The van der Waals surface area contributed by atoms with Crippen molar-refractivity contribution in [3.63, 3.8) is 0 Å². The zero-order valence-corrected chi connectivity index (χ0v) is 16.7. The van der Waals surface area contributed by atoms with E-state index < -0.39 is 36.8 Å². The minimum absolute atomic E-state index is 0.0547. The van der Waals surface area contributed by atoms with Crippen LogP contribution in [0.15, 0.2) is 18.2 Å². The number of nitrogens with two attached hydrogens (primary N) is 1. The molecule has 1 aromatic carbocycles. The van der Waals surface area contributed by atoms with Crippen molar-refractivity contribution in [2.75, 3.05) is 19.6 Å². The van der Waals surface area contributed by atoms with Crippen LogP contribution in [0, 0.1) is 0 Å². The summed E-state index contributed by atoms with van der Waals surface area (Å²) >= 11 is 0. The zero-order valence-electron chi connectivity index (χ0n) is 16.7. The number of hydrogen-bond acceptors (Lipinski definition) is 6. The van der Waals surface area contributed by atoms with Gasteiger partial charge in [-0.05, 0) is 36.6 Å². The van der Waals surface area contributed by atoms with Crippen LogP contribution in [0.25, 0.3) is 0 Å². The van der Waals surface area contributed by atoms with Gasteiger partial charge in [0, 0.05) is 37.7 Å². The molecule has 0 spiro atoms. The molecule has 2 saturated heterocycles. The number of amides is 3. The maximum Gasteiger partial charge on any atom is 0.401 e. The molecule has 31 heavy (non-hydrogen) atoms. The molecule has 8 nitrogen and oxygen atoms in total. The summed E-state index contributed by atoms with van der Waals surface area (Å²) < 4.78 is 44.1. The van der Waals surface area contributed by atoms with Crippen molar-refractivity contribution in [1.29, 1.82) is 0 Å². The lowest BCUT2D eigenvalue weighted by atomic mass is 10.0. The van der Waals surface area contributed by atoms with E-state index in [0.29, 0.717) is 23.3 Å². The number of halogens is 3. The van der Waals surface area contributed by atoms with Crippen LogP contribution in [0.5, 0.6) is 5.75 Å². The maximum absolute atomic E-state index is 12.7. The summed E-state index contributed by atoms with van der Waals surface area (Å²) in [7, 11) is 0. The fraction of sp³-hybridized carbons (Fsp3) is 0.550. The van der Waals surface area contributed by atoms with Gasteiger partial charge in [0.15, 0.2) is 0 Å². The van der Waals surface area contributed by atoms with Crippen molar-refractivity contribution >= 4 is 17.7 Å². The number of carbonyl (C=O) groups is 3. The third kappa shape index (κ3) is 4.67. The van der Waals surface area contributed by atoms with Gasteiger partial charge in [-0.1, -0.05) is 0 Å². The Labute approximate surface area is 176 Å². The smallest absolute Gasteiger partial charge is 0.401 e. The minimum Gasteiger partial charge on any atom is -0.487 e. The Morgan fingerprint density at radius 1 is 1.19 bits per heavy atom. The molecule has 3 atom stereocenters. The molecule has 3 aliphatic rings. The number of hydrogen-bond donors (Lipinski definition) is 2. The topological polar surface area (TPSA) is 105 Å². The number of carbonyl (C=O) groups excluding carboxylic acids is 3. The Morgan fingerprint density at radius 2 is 1.97 bits per heavy atom. The number of fused-ring (bicyclic) bond motifs is 1. The van der Waals surface area contributed by atoms with Crippen LogP contribution in [0.1, 0.15) is 35.2 Å². The summed E-state index contributed by atoms with van der Waals surface area (Å²) in [6, 6.07) is 3.71. The number of piperidine rings is 2. The molecule has 3 heterocycles. The van der Waals surface area contributed by atoms with Crippen LogP contribution < -0.4 is 15.8 Å². The van der Waals surface area contributed by atoms with Crippen molar-refractivity contribution in [3.8, 4) is 5.75 Å². The van der Waals surface area contributed by atoms with Crippen LogP contribution in [0.4, 0.5) is 13.2 Å². The van der Waals surface area contributed by atoms with Gasteiger partial charge in [-0.2, -0.15) is 13.2 Å². The lowest BCUT2D eigenvalue weighted by molar-refractivity contribution is -0.151. The highest BCUT2D eigenvalue weighted by Crippen LogP contribution is 2.31. The molecule has 0 radical (unpaired) electrons. The number of nitrogens with one attached hydrogen (secondary N) is 1. The average molecular weight is 440 g/mol. The van der Waals surface area contributed by atoms with Crippen LogP contribution in [-0.2, 0) is 16.1 Å². The van der Waals surface area contributed by atoms with E-state index in [4.69, 9.17) is 10.5 Å². The second-order valence-corrected chi connectivity index (χ2v) is 8.18. The van der Waals surface area contributed by atoms with Gasteiger partial charge in [-0.3, -0.25) is 24.6 Å². The highest BCUT2D eigenvalue weighted by molar-refractivity contribution is 6.05. The van der Waals surface area contributed by atoms with Gasteiger partial charge in [0.25, 0.3) is 5.91 Å². The summed E-state index contributed by atoms with van der Waals surface area (Å²) in [6.45, 7) is -0.521. The first-order valence-corrected chi connectivity index (χ1v) is 10.1. The first kappa shape index (κ1) is 21.6. The van der Waals surface area contributed by atoms with E-state index in [1.165, 1.54) is 9.80 Å². The van der Waals surface area contributed by atoms with E-state index in [1.54, 1.807) is 18.2 Å². The van der Waals surface area contributed by atoms with Gasteiger partial charge in [-0.15, -0.1) is 0 Å². The second kappa shape index (κ2) is 8.12. The zero-order chi connectivity index (χ0) is 22.3. The third-order valence-electron chi connectivity index (χ3n) is 5.88. The first-order valence-electron chi connectivity index (χ1n) is 10.1. The van der Waals surface area contributed by atoms with Gasteiger partial charge in [-0.25, -0.2) is 0 Å². The Hall–Kier alpha value is -2.66. The van der Waals surface area contributed by atoms with Crippen molar-refractivity contribution in [2.45, 2.75) is 50.2 Å². The quantitative estimate of drug-likeness (QED) is 0.671. The maximum atomic E-state index is 12.7. The van der Waals surface area contributed by atoms with Crippen LogP contribution in [-0.4, -0.2) is 71.5 Å². The van der Waals surface area contributed by atoms with Gasteiger partial charge in [0.2, 0.25) is 11.8 Å². The number of rotatable bonds is 4. The van der Waals surface area contributed by atoms with Gasteiger partial charge in [0.05, 0.1) is 6.54 Å². The third-order valence-corrected chi connectivity index (χ3v) is 5.88. The minimum atomic E-state index is -4.29. The average Bonchev–Trinajstić information content (AvgIpc) is 2.99. The summed E-state index contributed by atoms with van der Waals surface area (Å²) in [4.78, 5) is 38.9. The molecule has 3 aliphatic heterocycles. The SMILES string of the molecule is NC1CCN(CC(F)(F)F)CC1Oc1ccc2c(c1)CN(C1CCC(=O)NC1=O)C2=O. The van der Waals surface area contributed by atoms with E-state index in [2.05, 4.69) is 5.32 Å². The lowest BCUT2D eigenvalue weighted by Gasteiger charge is -2.37. The molecule has 1 aromatic rings. The van der Waals surface area contributed by atoms with Gasteiger partial charge < -0.3 is 15.4 Å². The summed E-state index contributed by atoms with van der Waals surface area (Å²) in [5.41, 5.74) is 7.16. The number of ether oxygens (including phenoxy) is 1. The molecule has 3 N–H and O–H groups in total. The van der Waals surface area contributed by atoms with E-state index in [1.807, 2.05) is 0 Å². The molecule has 168 valence electrons. The van der Waals surface area contributed by atoms with Crippen molar-refractivity contribution in [2.24, 2.45) is 5.73 Å². The van der Waals surface area contributed by atoms with E-state index in [0.717, 1.165) is 0 Å². The molecular formula is C20H23F3N4O4. The largest absolute Gasteiger partial charge is 0.487 e. The summed E-state index contributed by atoms with van der Waals surface area (Å²) in [5, 5.41) is 2.25. The number of alkyl halides is 3. The van der Waals surface area contributed by atoms with Crippen LogP contribution >= 0.6 is 0 Å². The van der Waals surface area contributed by atoms with Crippen molar-refractivity contribution in [1.82, 2.24) is 15.1 Å². The predicted octanol–water partition coefficient (Wildman–Crippen LogP) is 0.790. The first-order chi connectivity index (χ1) is 14.6. The Kier molecular flexibility index (Phi) is 5.65. The Morgan fingerprint density at radius 3 is 2.68 bits per heavy atom. The fourth-order valence-corrected chi connectivity index (χ4v) is 4.32. The Balaban J connectivity index is 1.44. The van der Waals surface area contributed by atoms with Crippen LogP contribution in [0.3, 0.4) is 0 Å². The molecule has 0 bridgehead atoms.